The number of nitrogens with zero attached hydrogens (tertiary/aromatic N) is 3. The van der Waals surface area contributed by atoms with Crippen LogP contribution in [-0.2, 0) is 13.6 Å². The van der Waals surface area contributed by atoms with Crippen LogP contribution < -0.4 is 5.32 Å². The van der Waals surface area contributed by atoms with Crippen LogP contribution in [0.1, 0.15) is 5.56 Å². The molecule has 1 aromatic heterocycles. The average Bonchev–Trinajstić information content (AvgIpc) is 2.82. The lowest BCUT2D eigenvalue weighted by Gasteiger charge is -2.26. The van der Waals surface area contributed by atoms with Gasteiger partial charge in [-0.2, -0.15) is 5.10 Å². The zero-order chi connectivity index (χ0) is 13.1. The van der Waals surface area contributed by atoms with Crippen molar-refractivity contribution in [1.29, 1.82) is 0 Å². The smallest absolute Gasteiger partial charge is 0.0968 e. The number of hydrogen-bond donors (Lipinski definition) is 1. The lowest BCUT2D eigenvalue weighted by atomic mass is 10.1. The summed E-state index contributed by atoms with van der Waals surface area (Å²) in [6.07, 6.45) is 2.14. The molecule has 19 heavy (non-hydrogen) atoms. The van der Waals surface area contributed by atoms with Crippen molar-refractivity contribution < 1.29 is 0 Å². The first-order valence-electron chi connectivity index (χ1n) is 6.84. The molecule has 0 spiro atoms. The van der Waals surface area contributed by atoms with Crippen LogP contribution in [-0.4, -0.2) is 40.9 Å². The van der Waals surface area contributed by atoms with E-state index in [0.29, 0.717) is 0 Å². The van der Waals surface area contributed by atoms with Crippen LogP contribution in [0.2, 0.25) is 0 Å². The Bertz CT molecular complexity index is 526. The van der Waals surface area contributed by atoms with Gasteiger partial charge in [-0.05, 0) is 0 Å². The van der Waals surface area contributed by atoms with Gasteiger partial charge in [-0.3, -0.25) is 9.58 Å². The maximum absolute atomic E-state index is 4.62. The molecular formula is C15H20N4. The molecule has 2 aromatic rings. The van der Waals surface area contributed by atoms with Crippen molar-refractivity contribution in [2.24, 2.45) is 7.05 Å². The van der Waals surface area contributed by atoms with Crippen molar-refractivity contribution in [3.05, 3.63) is 42.1 Å². The minimum absolute atomic E-state index is 0.986. The third-order valence-electron chi connectivity index (χ3n) is 3.56. The Hall–Kier alpha value is -1.65. The van der Waals surface area contributed by atoms with E-state index in [-0.39, 0.29) is 0 Å². The molecule has 0 amide bonds. The fourth-order valence-electron chi connectivity index (χ4n) is 2.60. The fraction of sp³-hybridized carbons (Fsp3) is 0.400. The van der Waals surface area contributed by atoms with E-state index >= 15 is 0 Å². The summed E-state index contributed by atoms with van der Waals surface area (Å²) in [6.45, 7) is 5.38. The first-order valence-corrected chi connectivity index (χ1v) is 6.84. The summed E-state index contributed by atoms with van der Waals surface area (Å²) in [6, 6.07) is 10.4. The summed E-state index contributed by atoms with van der Waals surface area (Å²) in [5.74, 6) is 0. The van der Waals surface area contributed by atoms with Crippen LogP contribution in [0.15, 0.2) is 36.5 Å². The van der Waals surface area contributed by atoms with Crippen molar-refractivity contribution >= 4 is 0 Å². The SMILES string of the molecule is Cn1cc(CN2CCNCC2)c(-c2ccccc2)n1. The van der Waals surface area contributed by atoms with Crippen LogP contribution in [0.25, 0.3) is 11.3 Å². The zero-order valence-corrected chi connectivity index (χ0v) is 11.3. The van der Waals surface area contributed by atoms with Gasteiger partial charge in [-0.15, -0.1) is 0 Å². The van der Waals surface area contributed by atoms with E-state index in [0.717, 1.165) is 38.4 Å². The molecule has 1 aromatic carbocycles. The molecule has 0 saturated carbocycles. The molecule has 4 heteroatoms. The topological polar surface area (TPSA) is 33.1 Å². The number of piperazine rings is 1. The van der Waals surface area contributed by atoms with E-state index in [4.69, 9.17) is 0 Å². The molecule has 1 fully saturated rings. The molecule has 0 radical (unpaired) electrons. The van der Waals surface area contributed by atoms with Crippen molar-refractivity contribution in [2.45, 2.75) is 6.54 Å². The molecule has 1 aliphatic rings. The Morgan fingerprint density at radius 2 is 1.89 bits per heavy atom. The summed E-state index contributed by atoms with van der Waals surface area (Å²) < 4.78 is 1.92. The van der Waals surface area contributed by atoms with E-state index in [9.17, 15) is 0 Å². The lowest BCUT2D eigenvalue weighted by Crippen LogP contribution is -2.42. The van der Waals surface area contributed by atoms with Gasteiger partial charge in [-0.1, -0.05) is 30.3 Å². The van der Waals surface area contributed by atoms with E-state index in [1.807, 2.05) is 17.8 Å². The summed E-state index contributed by atoms with van der Waals surface area (Å²) in [5, 5.41) is 8.01. The predicted octanol–water partition coefficient (Wildman–Crippen LogP) is 1.49. The number of benzene rings is 1. The van der Waals surface area contributed by atoms with Crippen molar-refractivity contribution in [1.82, 2.24) is 20.0 Å². The highest BCUT2D eigenvalue weighted by molar-refractivity contribution is 5.62. The van der Waals surface area contributed by atoms with E-state index in [2.05, 4.69) is 45.8 Å². The van der Waals surface area contributed by atoms with Gasteiger partial charge in [0.2, 0.25) is 0 Å². The van der Waals surface area contributed by atoms with Crippen molar-refractivity contribution in [2.75, 3.05) is 26.2 Å². The van der Waals surface area contributed by atoms with Gasteiger partial charge in [0.1, 0.15) is 0 Å². The minimum atomic E-state index is 0.986. The molecule has 0 atom stereocenters. The molecular weight excluding hydrogens is 236 g/mol. The number of rotatable bonds is 3. The Labute approximate surface area is 114 Å². The quantitative estimate of drug-likeness (QED) is 0.903. The first kappa shape index (κ1) is 12.4. The second kappa shape index (κ2) is 5.55. The normalized spacial score (nSPS) is 16.7. The Kier molecular flexibility index (Phi) is 3.62. The van der Waals surface area contributed by atoms with Crippen LogP contribution >= 0.6 is 0 Å². The van der Waals surface area contributed by atoms with Crippen molar-refractivity contribution in [3.63, 3.8) is 0 Å². The van der Waals surface area contributed by atoms with Gasteiger partial charge in [0.25, 0.3) is 0 Å². The van der Waals surface area contributed by atoms with Gasteiger partial charge >= 0.3 is 0 Å². The largest absolute Gasteiger partial charge is 0.314 e. The van der Waals surface area contributed by atoms with Gasteiger partial charge < -0.3 is 5.32 Å². The fourth-order valence-corrected chi connectivity index (χ4v) is 2.60. The second-order valence-electron chi connectivity index (χ2n) is 5.07. The molecule has 1 aliphatic heterocycles. The third kappa shape index (κ3) is 2.85. The third-order valence-corrected chi connectivity index (χ3v) is 3.56. The van der Waals surface area contributed by atoms with E-state index < -0.39 is 0 Å². The van der Waals surface area contributed by atoms with Gasteiger partial charge in [0, 0.05) is 57.1 Å². The number of aryl methyl sites for hydroxylation is 1. The molecule has 100 valence electrons. The Balaban J connectivity index is 1.85. The highest BCUT2D eigenvalue weighted by Gasteiger charge is 2.15. The highest BCUT2D eigenvalue weighted by atomic mass is 15.3. The minimum Gasteiger partial charge on any atom is -0.314 e. The summed E-state index contributed by atoms with van der Waals surface area (Å²) in [4.78, 5) is 2.49. The van der Waals surface area contributed by atoms with E-state index in [1.165, 1.54) is 11.1 Å². The average molecular weight is 256 g/mol. The molecule has 2 heterocycles. The van der Waals surface area contributed by atoms with Crippen molar-refractivity contribution in [3.8, 4) is 11.3 Å². The molecule has 0 unspecified atom stereocenters. The molecule has 1 N–H and O–H groups in total. The van der Waals surface area contributed by atoms with Crippen LogP contribution in [0, 0.1) is 0 Å². The summed E-state index contributed by atoms with van der Waals surface area (Å²) >= 11 is 0. The van der Waals surface area contributed by atoms with Crippen LogP contribution in [0.3, 0.4) is 0 Å². The zero-order valence-electron chi connectivity index (χ0n) is 11.3. The summed E-state index contributed by atoms with van der Waals surface area (Å²) in [5.41, 5.74) is 3.63. The molecule has 0 bridgehead atoms. The van der Waals surface area contributed by atoms with Gasteiger partial charge in [0.15, 0.2) is 0 Å². The monoisotopic (exact) mass is 256 g/mol. The standard InChI is InChI=1S/C15H20N4/c1-18-11-14(12-19-9-7-16-8-10-19)15(17-18)13-5-3-2-4-6-13/h2-6,11,16H,7-10,12H2,1H3. The van der Waals surface area contributed by atoms with Crippen LogP contribution in [0.5, 0.6) is 0 Å². The number of hydrogen-bond acceptors (Lipinski definition) is 3. The molecule has 0 aliphatic carbocycles. The van der Waals surface area contributed by atoms with Gasteiger partial charge in [-0.25, -0.2) is 0 Å². The maximum Gasteiger partial charge on any atom is 0.0968 e. The Morgan fingerprint density at radius 3 is 2.63 bits per heavy atom. The molecule has 1 saturated heterocycles. The van der Waals surface area contributed by atoms with Crippen LogP contribution in [0.4, 0.5) is 0 Å². The number of aromatic nitrogens is 2. The van der Waals surface area contributed by atoms with E-state index in [1.54, 1.807) is 0 Å². The molecule has 3 rings (SSSR count). The maximum atomic E-state index is 4.62. The van der Waals surface area contributed by atoms with Gasteiger partial charge in [0.05, 0.1) is 5.69 Å². The number of nitrogens with one attached hydrogen (secondary N) is 1. The second-order valence-corrected chi connectivity index (χ2v) is 5.07. The lowest BCUT2D eigenvalue weighted by molar-refractivity contribution is 0.233. The highest BCUT2D eigenvalue weighted by Crippen LogP contribution is 2.22. The first-order chi connectivity index (χ1) is 9.33. The molecule has 4 nitrogen and oxygen atoms in total. The Morgan fingerprint density at radius 1 is 1.16 bits per heavy atom. The summed E-state index contributed by atoms with van der Waals surface area (Å²) in [7, 11) is 1.99. The predicted molar refractivity (Wildman–Crippen MR) is 76.8 cm³/mol.